The molecule has 37 heavy (non-hydrogen) atoms. The first-order valence-electron chi connectivity index (χ1n) is 12.6. The number of benzene rings is 1. The lowest BCUT2D eigenvalue weighted by atomic mass is 9.85. The van der Waals surface area contributed by atoms with Crippen LogP contribution in [-0.4, -0.2) is 47.4 Å². The van der Waals surface area contributed by atoms with Crippen LogP contribution in [0.25, 0.3) is 10.9 Å². The first-order valence-corrected chi connectivity index (χ1v) is 14.1. The molecule has 3 heterocycles. The molecular formula is C26H34N6O4S. The molecule has 4 N–H and O–H groups in total. The molecular weight excluding hydrogens is 492 g/mol. The average molecular weight is 527 g/mol. The molecule has 1 aliphatic heterocycles. The molecule has 2 atom stereocenters. The van der Waals surface area contributed by atoms with Gasteiger partial charge in [0.15, 0.2) is 5.82 Å². The summed E-state index contributed by atoms with van der Waals surface area (Å²) in [7, 11) is -1.51. The zero-order chi connectivity index (χ0) is 26.4. The first-order chi connectivity index (χ1) is 17.7. The van der Waals surface area contributed by atoms with Crippen LogP contribution in [-0.2, 0) is 11.3 Å². The number of hydrogen-bond acceptors (Lipinski definition) is 8. The molecule has 1 aromatic carbocycles. The fraction of sp³-hybridized carbons (Fsp3) is 0.500. The van der Waals surface area contributed by atoms with Crippen LogP contribution in [0, 0.1) is 17.2 Å². The summed E-state index contributed by atoms with van der Waals surface area (Å²) in [6.45, 7) is 4.86. The van der Waals surface area contributed by atoms with E-state index in [0.717, 1.165) is 31.2 Å². The zero-order valence-corrected chi connectivity index (χ0v) is 22.2. The van der Waals surface area contributed by atoms with Gasteiger partial charge in [0.25, 0.3) is 5.56 Å². The minimum atomic E-state index is -3.14. The number of aromatic amines is 1. The smallest absolute Gasteiger partial charge is 0.261 e. The molecule has 5 rings (SSSR count). The average Bonchev–Trinajstić information content (AvgIpc) is 3.38. The summed E-state index contributed by atoms with van der Waals surface area (Å²) in [5, 5.41) is 18.3. The summed E-state index contributed by atoms with van der Waals surface area (Å²) in [4.78, 5) is 16.1. The minimum absolute atomic E-state index is 0.0884. The SMILES string of the molecule is COCCC(C)(C)N1Cc2cc(Nc3nn(C4CCCCC4C#N)c4cc[nH]c(=O)c34)ccc2S1(O)O. The van der Waals surface area contributed by atoms with Crippen LogP contribution in [0.5, 0.6) is 0 Å². The number of H-pyrrole nitrogens is 1. The summed E-state index contributed by atoms with van der Waals surface area (Å²) in [5.41, 5.74) is 1.46. The van der Waals surface area contributed by atoms with Crippen molar-refractivity contribution in [3.05, 3.63) is 46.4 Å². The highest BCUT2D eigenvalue weighted by molar-refractivity contribution is 8.22. The highest BCUT2D eigenvalue weighted by atomic mass is 32.3. The Kier molecular flexibility index (Phi) is 6.81. The van der Waals surface area contributed by atoms with E-state index >= 15 is 0 Å². The molecule has 2 aromatic heterocycles. The van der Waals surface area contributed by atoms with Crippen molar-refractivity contribution >= 4 is 33.2 Å². The van der Waals surface area contributed by atoms with Crippen LogP contribution >= 0.6 is 10.8 Å². The molecule has 1 fully saturated rings. The van der Waals surface area contributed by atoms with Crippen LogP contribution in [0.15, 0.2) is 40.2 Å². The molecule has 198 valence electrons. The lowest BCUT2D eigenvalue weighted by Crippen LogP contribution is -2.42. The molecule has 0 radical (unpaired) electrons. The predicted octanol–water partition coefficient (Wildman–Crippen LogP) is 5.38. The van der Waals surface area contributed by atoms with Crippen molar-refractivity contribution in [2.45, 2.75) is 69.0 Å². The highest BCUT2D eigenvalue weighted by Crippen LogP contribution is 2.62. The van der Waals surface area contributed by atoms with Crippen molar-refractivity contribution in [1.82, 2.24) is 19.1 Å². The minimum Gasteiger partial charge on any atom is -0.385 e. The number of nitrogens with one attached hydrogen (secondary N) is 2. The normalized spacial score (nSPS) is 22.5. The summed E-state index contributed by atoms with van der Waals surface area (Å²) in [6, 6.07) is 9.57. The molecule has 0 bridgehead atoms. The van der Waals surface area contributed by atoms with Crippen molar-refractivity contribution in [2.24, 2.45) is 5.92 Å². The Hall–Kier alpha value is -2.88. The summed E-state index contributed by atoms with van der Waals surface area (Å²) in [5.74, 6) is 0.266. The van der Waals surface area contributed by atoms with Gasteiger partial charge in [0.2, 0.25) is 0 Å². The monoisotopic (exact) mass is 526 g/mol. The van der Waals surface area contributed by atoms with Gasteiger partial charge in [-0.3, -0.25) is 18.6 Å². The van der Waals surface area contributed by atoms with Gasteiger partial charge in [0.1, 0.15) is 5.39 Å². The van der Waals surface area contributed by atoms with Crippen molar-refractivity contribution in [1.29, 1.82) is 5.26 Å². The molecule has 2 aliphatic rings. The molecule has 10 nitrogen and oxygen atoms in total. The van der Waals surface area contributed by atoms with Gasteiger partial charge in [-0.1, -0.05) is 12.8 Å². The third-order valence-electron chi connectivity index (χ3n) is 7.67. The van der Waals surface area contributed by atoms with Gasteiger partial charge in [-0.2, -0.15) is 14.7 Å². The van der Waals surface area contributed by atoms with Gasteiger partial charge in [-0.25, -0.2) is 0 Å². The van der Waals surface area contributed by atoms with E-state index in [2.05, 4.69) is 16.4 Å². The molecule has 0 saturated heterocycles. The molecule has 0 spiro atoms. The maximum atomic E-state index is 12.9. The number of rotatable bonds is 7. The van der Waals surface area contributed by atoms with E-state index in [9.17, 15) is 19.2 Å². The largest absolute Gasteiger partial charge is 0.385 e. The second-order valence-corrected chi connectivity index (χ2v) is 12.4. The highest BCUT2D eigenvalue weighted by Gasteiger charge is 2.43. The van der Waals surface area contributed by atoms with Gasteiger partial charge in [0.05, 0.1) is 28.4 Å². The number of aromatic nitrogens is 3. The van der Waals surface area contributed by atoms with Gasteiger partial charge in [-0.05, 0) is 62.9 Å². The van der Waals surface area contributed by atoms with E-state index in [0.29, 0.717) is 46.9 Å². The number of anilines is 2. The van der Waals surface area contributed by atoms with Gasteiger partial charge in [0, 0.05) is 37.7 Å². The number of methoxy groups -OCH3 is 1. The molecule has 2 unspecified atom stereocenters. The summed E-state index contributed by atoms with van der Waals surface area (Å²) in [6.07, 6.45) is 5.96. The standard InChI is InChI=1S/C26H34N6O4S/c1-26(2,11-13-36-3)31-16-18-14-19(8-9-22(18)37(31,34)35)29-24-23-21(10-12-28-25(23)33)32(30-24)20-7-5-4-6-17(20)15-27/h8-10,12,14,17,20,34-35H,4-7,11,13,16H2,1-3H3,(H,28,33)(H,29,30). The Labute approximate surface area is 217 Å². The molecule has 1 aliphatic carbocycles. The van der Waals surface area contributed by atoms with Crippen molar-refractivity contribution in [3.63, 3.8) is 0 Å². The summed E-state index contributed by atoms with van der Waals surface area (Å²) < 4.78 is 31.0. The molecule has 3 aromatic rings. The topological polar surface area (TPSA) is 139 Å². The lowest BCUT2D eigenvalue weighted by Gasteiger charge is -2.46. The van der Waals surface area contributed by atoms with Crippen LogP contribution in [0.3, 0.4) is 0 Å². The summed E-state index contributed by atoms with van der Waals surface area (Å²) >= 11 is 0. The molecule has 1 saturated carbocycles. The van der Waals surface area contributed by atoms with E-state index < -0.39 is 16.3 Å². The number of hydrogen-bond donors (Lipinski definition) is 4. The van der Waals surface area contributed by atoms with Gasteiger partial charge in [-0.15, -0.1) is 10.8 Å². The molecule has 11 heteroatoms. The zero-order valence-electron chi connectivity index (χ0n) is 21.4. The van der Waals surface area contributed by atoms with Crippen molar-refractivity contribution in [2.75, 3.05) is 19.0 Å². The van der Waals surface area contributed by atoms with Crippen LogP contribution < -0.4 is 10.9 Å². The lowest BCUT2D eigenvalue weighted by molar-refractivity contribution is 0.124. The van der Waals surface area contributed by atoms with Crippen LogP contribution in [0.4, 0.5) is 11.5 Å². The van der Waals surface area contributed by atoms with Crippen molar-refractivity contribution < 1.29 is 13.8 Å². The predicted molar refractivity (Wildman–Crippen MR) is 144 cm³/mol. The Morgan fingerprint density at radius 3 is 2.84 bits per heavy atom. The number of nitriles is 1. The van der Waals surface area contributed by atoms with E-state index in [1.54, 1.807) is 29.7 Å². The number of nitrogens with zero attached hydrogens (tertiary/aromatic N) is 4. The van der Waals surface area contributed by atoms with E-state index in [4.69, 9.17) is 9.84 Å². The quantitative estimate of drug-likeness (QED) is 0.322. The van der Waals surface area contributed by atoms with Gasteiger partial charge >= 0.3 is 0 Å². The van der Waals surface area contributed by atoms with E-state index in [1.807, 2.05) is 30.7 Å². The number of pyridine rings is 1. The fourth-order valence-electron chi connectivity index (χ4n) is 5.58. The van der Waals surface area contributed by atoms with Gasteiger partial charge < -0.3 is 15.0 Å². The fourth-order valence-corrected chi connectivity index (χ4v) is 7.64. The number of ether oxygens (including phenoxy) is 1. The first kappa shape index (κ1) is 25.8. The Bertz CT molecular complexity index is 1410. The second kappa shape index (κ2) is 9.78. The Morgan fingerprint density at radius 1 is 1.30 bits per heavy atom. The molecule has 0 amide bonds. The Morgan fingerprint density at radius 2 is 2.08 bits per heavy atom. The van der Waals surface area contributed by atoms with E-state index in [-0.39, 0.29) is 17.5 Å². The Balaban J connectivity index is 1.49. The third kappa shape index (κ3) is 4.53. The maximum absolute atomic E-state index is 12.9. The maximum Gasteiger partial charge on any atom is 0.261 e. The van der Waals surface area contributed by atoms with Crippen molar-refractivity contribution in [3.8, 4) is 6.07 Å². The third-order valence-corrected chi connectivity index (χ3v) is 9.90. The van der Waals surface area contributed by atoms with E-state index in [1.165, 1.54) is 0 Å². The van der Waals surface area contributed by atoms with Crippen LogP contribution in [0.1, 0.15) is 57.6 Å². The second-order valence-electron chi connectivity index (χ2n) is 10.5. The van der Waals surface area contributed by atoms with Crippen LogP contribution in [0.2, 0.25) is 0 Å². The number of fused-ring (bicyclic) bond motifs is 2.